The average molecular weight is 257 g/mol. The van der Waals surface area contributed by atoms with Crippen molar-refractivity contribution in [1.29, 1.82) is 0 Å². The van der Waals surface area contributed by atoms with Crippen LogP contribution in [0.4, 0.5) is 0 Å². The van der Waals surface area contributed by atoms with Crippen LogP contribution < -0.4 is 0 Å². The second-order valence-electron chi connectivity index (χ2n) is 2.57. The van der Waals surface area contributed by atoms with Gasteiger partial charge in [0.25, 0.3) is 0 Å². The summed E-state index contributed by atoms with van der Waals surface area (Å²) >= 11 is 2.35. The molecular formula is C9H8IN. The lowest BCUT2D eigenvalue weighted by Gasteiger charge is -2.14. The van der Waals surface area contributed by atoms with Gasteiger partial charge in [-0.2, -0.15) is 0 Å². The second kappa shape index (κ2) is 2.93. The van der Waals surface area contributed by atoms with E-state index in [1.165, 1.54) is 11.1 Å². The first-order chi connectivity index (χ1) is 5.38. The first-order valence-electron chi connectivity index (χ1n) is 3.61. The van der Waals surface area contributed by atoms with Gasteiger partial charge in [-0.25, -0.2) is 0 Å². The summed E-state index contributed by atoms with van der Waals surface area (Å²) in [5, 5.41) is 0. The fraction of sp³-hybridized carbons (Fsp3) is 0.222. The Balaban J connectivity index is 2.50. The molecule has 1 unspecified atom stereocenters. The largest absolute Gasteiger partial charge is 0.278 e. The second-order valence-corrected chi connectivity index (χ2v) is 3.75. The van der Waals surface area contributed by atoms with Crippen molar-refractivity contribution in [3.63, 3.8) is 0 Å². The predicted octanol–water partition coefficient (Wildman–Crippen LogP) is 2.75. The lowest BCUT2D eigenvalue weighted by Crippen LogP contribution is -2.01. The van der Waals surface area contributed by atoms with Gasteiger partial charge in [0, 0.05) is 12.6 Å². The standard InChI is InChI=1S/C9H8IN/c10-9-8-4-2-1-3-7(8)5-6-11-9/h1-4,6,9H,5H2. The molecule has 1 nitrogen and oxygen atoms in total. The van der Waals surface area contributed by atoms with Gasteiger partial charge in [-0.05, 0) is 11.1 Å². The number of halogens is 1. The van der Waals surface area contributed by atoms with Crippen molar-refractivity contribution in [1.82, 2.24) is 0 Å². The number of benzene rings is 1. The van der Waals surface area contributed by atoms with Gasteiger partial charge < -0.3 is 0 Å². The van der Waals surface area contributed by atoms with Crippen LogP contribution in [0, 0.1) is 0 Å². The zero-order valence-corrected chi connectivity index (χ0v) is 8.15. The van der Waals surface area contributed by atoms with Crippen molar-refractivity contribution >= 4 is 28.8 Å². The summed E-state index contributed by atoms with van der Waals surface area (Å²) in [5.74, 6) is 0. The van der Waals surface area contributed by atoms with Gasteiger partial charge in [0.05, 0.1) is 0 Å². The van der Waals surface area contributed by atoms with Gasteiger partial charge >= 0.3 is 0 Å². The van der Waals surface area contributed by atoms with Crippen LogP contribution in [0.25, 0.3) is 0 Å². The van der Waals surface area contributed by atoms with Crippen molar-refractivity contribution in [2.24, 2.45) is 4.99 Å². The first-order valence-corrected chi connectivity index (χ1v) is 4.86. The minimum atomic E-state index is 0.331. The van der Waals surface area contributed by atoms with E-state index in [1.807, 2.05) is 6.21 Å². The smallest absolute Gasteiger partial charge is 0.126 e. The molecule has 2 rings (SSSR count). The minimum Gasteiger partial charge on any atom is -0.278 e. The molecule has 1 aromatic carbocycles. The molecule has 0 saturated heterocycles. The fourth-order valence-corrected chi connectivity index (χ4v) is 2.11. The number of alkyl halides is 1. The van der Waals surface area contributed by atoms with Gasteiger partial charge in [0.2, 0.25) is 0 Å². The highest BCUT2D eigenvalue weighted by Gasteiger charge is 2.11. The van der Waals surface area contributed by atoms with E-state index in [4.69, 9.17) is 0 Å². The molecule has 1 aliphatic rings. The molecule has 0 spiro atoms. The SMILES string of the molecule is IC1N=CCc2ccccc21. The van der Waals surface area contributed by atoms with Crippen molar-refractivity contribution in [2.75, 3.05) is 0 Å². The molecule has 11 heavy (non-hydrogen) atoms. The molecule has 0 N–H and O–H groups in total. The maximum absolute atomic E-state index is 4.33. The van der Waals surface area contributed by atoms with E-state index in [9.17, 15) is 0 Å². The summed E-state index contributed by atoms with van der Waals surface area (Å²) in [6.45, 7) is 0. The molecule has 0 saturated carbocycles. The Morgan fingerprint density at radius 1 is 1.36 bits per heavy atom. The summed E-state index contributed by atoms with van der Waals surface area (Å²) in [5.41, 5.74) is 2.79. The minimum absolute atomic E-state index is 0.331. The zero-order chi connectivity index (χ0) is 7.68. The van der Waals surface area contributed by atoms with Crippen molar-refractivity contribution in [2.45, 2.75) is 10.5 Å². The third kappa shape index (κ3) is 1.31. The van der Waals surface area contributed by atoms with Crippen LogP contribution in [0.5, 0.6) is 0 Å². The van der Waals surface area contributed by atoms with E-state index in [0.29, 0.717) is 4.05 Å². The number of aliphatic imine (C=N–C) groups is 1. The molecule has 0 amide bonds. The summed E-state index contributed by atoms with van der Waals surface area (Å²) in [4.78, 5) is 4.33. The topological polar surface area (TPSA) is 12.4 Å². The summed E-state index contributed by atoms with van der Waals surface area (Å²) < 4.78 is 0.331. The molecule has 0 aromatic heterocycles. The van der Waals surface area contributed by atoms with Gasteiger partial charge in [0.15, 0.2) is 0 Å². The molecule has 2 heteroatoms. The maximum Gasteiger partial charge on any atom is 0.126 e. The highest BCUT2D eigenvalue weighted by molar-refractivity contribution is 14.1. The quantitative estimate of drug-likeness (QED) is 0.385. The van der Waals surface area contributed by atoms with Gasteiger partial charge in [0.1, 0.15) is 4.05 Å². The molecule has 1 aliphatic heterocycles. The Morgan fingerprint density at radius 2 is 2.18 bits per heavy atom. The summed E-state index contributed by atoms with van der Waals surface area (Å²) in [6.07, 6.45) is 3.00. The number of hydrogen-bond acceptors (Lipinski definition) is 1. The van der Waals surface area contributed by atoms with E-state index in [1.54, 1.807) is 0 Å². The lowest BCUT2D eigenvalue weighted by molar-refractivity contribution is 1.01. The predicted molar refractivity (Wildman–Crippen MR) is 55.4 cm³/mol. The van der Waals surface area contributed by atoms with Crippen LogP contribution in [0.15, 0.2) is 29.3 Å². The van der Waals surface area contributed by atoms with Crippen molar-refractivity contribution in [3.05, 3.63) is 35.4 Å². The van der Waals surface area contributed by atoms with Gasteiger partial charge in [-0.3, -0.25) is 4.99 Å². The van der Waals surface area contributed by atoms with E-state index in [-0.39, 0.29) is 0 Å². The molecule has 56 valence electrons. The van der Waals surface area contributed by atoms with Gasteiger partial charge in [-0.1, -0.05) is 46.9 Å². The van der Waals surface area contributed by atoms with E-state index < -0.39 is 0 Å². The molecule has 1 heterocycles. The Morgan fingerprint density at radius 3 is 3.00 bits per heavy atom. The van der Waals surface area contributed by atoms with Crippen LogP contribution in [-0.4, -0.2) is 6.21 Å². The molecule has 0 fully saturated rings. The van der Waals surface area contributed by atoms with Crippen molar-refractivity contribution < 1.29 is 0 Å². The van der Waals surface area contributed by atoms with E-state index in [0.717, 1.165) is 6.42 Å². The number of fused-ring (bicyclic) bond motifs is 1. The van der Waals surface area contributed by atoms with Crippen molar-refractivity contribution in [3.8, 4) is 0 Å². The number of nitrogens with zero attached hydrogens (tertiary/aromatic N) is 1. The molecular weight excluding hydrogens is 249 g/mol. The Bertz CT molecular complexity index is 293. The molecule has 0 radical (unpaired) electrons. The maximum atomic E-state index is 4.33. The number of hydrogen-bond donors (Lipinski definition) is 0. The van der Waals surface area contributed by atoms with Crippen LogP contribution in [0.3, 0.4) is 0 Å². The summed E-state index contributed by atoms with van der Waals surface area (Å²) in [6, 6.07) is 8.49. The fourth-order valence-electron chi connectivity index (χ4n) is 1.28. The Kier molecular flexibility index (Phi) is 1.94. The first kappa shape index (κ1) is 7.28. The number of rotatable bonds is 0. The molecule has 1 aromatic rings. The molecule has 0 aliphatic carbocycles. The van der Waals surface area contributed by atoms with E-state index >= 15 is 0 Å². The Hall–Kier alpha value is -0.380. The summed E-state index contributed by atoms with van der Waals surface area (Å²) in [7, 11) is 0. The lowest BCUT2D eigenvalue weighted by atomic mass is 10.0. The highest BCUT2D eigenvalue weighted by Crippen LogP contribution is 2.30. The third-order valence-corrected chi connectivity index (χ3v) is 2.85. The van der Waals surface area contributed by atoms with Crippen LogP contribution in [-0.2, 0) is 6.42 Å². The Labute approximate surface area is 79.7 Å². The van der Waals surface area contributed by atoms with Crippen LogP contribution >= 0.6 is 22.6 Å². The molecule has 0 bridgehead atoms. The zero-order valence-electron chi connectivity index (χ0n) is 6.00. The van der Waals surface area contributed by atoms with E-state index in [2.05, 4.69) is 51.8 Å². The average Bonchev–Trinajstić information content (AvgIpc) is 2.06. The highest BCUT2D eigenvalue weighted by atomic mass is 127. The van der Waals surface area contributed by atoms with Crippen LogP contribution in [0.2, 0.25) is 0 Å². The monoisotopic (exact) mass is 257 g/mol. The normalized spacial score (nSPS) is 21.4. The van der Waals surface area contributed by atoms with Gasteiger partial charge in [-0.15, -0.1) is 0 Å². The van der Waals surface area contributed by atoms with Crippen LogP contribution in [0.1, 0.15) is 15.2 Å². The third-order valence-electron chi connectivity index (χ3n) is 1.86. The molecule has 1 atom stereocenters.